The monoisotopic (exact) mass is 289 g/mol. The molecule has 1 aromatic rings. The van der Waals surface area contributed by atoms with Gasteiger partial charge in [0.05, 0.1) is 12.4 Å². The van der Waals surface area contributed by atoms with Gasteiger partial charge >= 0.3 is 6.09 Å². The van der Waals surface area contributed by atoms with Crippen LogP contribution in [-0.4, -0.2) is 30.2 Å². The maximum absolute atomic E-state index is 12.1. The lowest BCUT2D eigenvalue weighted by Crippen LogP contribution is -2.41. The largest absolute Gasteiger partial charge is 0.499 e. The Kier molecular flexibility index (Phi) is 5.67. The molecule has 21 heavy (non-hydrogen) atoms. The van der Waals surface area contributed by atoms with Gasteiger partial charge in [-0.3, -0.25) is 0 Å². The van der Waals surface area contributed by atoms with Gasteiger partial charge in [0.15, 0.2) is 0 Å². The van der Waals surface area contributed by atoms with Crippen molar-refractivity contribution < 1.29 is 14.3 Å². The first kappa shape index (κ1) is 15.4. The average molecular weight is 289 g/mol. The zero-order valence-electron chi connectivity index (χ0n) is 12.5. The number of benzene rings is 1. The molecule has 0 saturated heterocycles. The van der Waals surface area contributed by atoms with Crippen LogP contribution in [0.3, 0.4) is 0 Å². The Morgan fingerprint density at radius 1 is 1.38 bits per heavy atom. The first-order valence-electron chi connectivity index (χ1n) is 7.40. The second-order valence-electron chi connectivity index (χ2n) is 5.40. The van der Waals surface area contributed by atoms with Crippen LogP contribution in [0.25, 0.3) is 0 Å². The third kappa shape index (κ3) is 4.52. The Balaban J connectivity index is 1.82. The van der Waals surface area contributed by atoms with E-state index in [0.717, 1.165) is 31.2 Å². The maximum atomic E-state index is 12.1. The van der Waals surface area contributed by atoms with E-state index in [-0.39, 0.29) is 18.2 Å². The van der Waals surface area contributed by atoms with Crippen LogP contribution in [-0.2, 0) is 16.1 Å². The predicted molar refractivity (Wildman–Crippen MR) is 81.7 cm³/mol. The minimum absolute atomic E-state index is 0.158. The van der Waals surface area contributed by atoms with Crippen LogP contribution >= 0.6 is 0 Å². The summed E-state index contributed by atoms with van der Waals surface area (Å²) in [6.07, 6.45) is 5.28. The van der Waals surface area contributed by atoms with Crippen molar-refractivity contribution in [3.8, 4) is 0 Å². The van der Waals surface area contributed by atoms with Gasteiger partial charge in [-0.2, -0.15) is 0 Å². The molecule has 4 nitrogen and oxygen atoms in total. The van der Waals surface area contributed by atoms with Crippen LogP contribution in [0.15, 0.2) is 43.2 Å². The molecule has 1 saturated carbocycles. The summed E-state index contributed by atoms with van der Waals surface area (Å²) < 4.78 is 10.8. The number of carbonyl (C=O) groups excluding carboxylic acids is 1. The normalized spacial score (nSPS) is 21.4. The van der Waals surface area contributed by atoms with E-state index < -0.39 is 0 Å². The lowest BCUT2D eigenvalue weighted by atomic mass is 9.92. The second kappa shape index (κ2) is 7.72. The van der Waals surface area contributed by atoms with Crippen molar-refractivity contribution in [1.29, 1.82) is 0 Å². The van der Waals surface area contributed by atoms with Crippen molar-refractivity contribution in [2.45, 2.75) is 44.4 Å². The molecule has 1 aromatic carbocycles. The number of nitrogens with zero attached hydrogens (tertiary/aromatic N) is 1. The molecule has 0 heterocycles. The molecule has 2 rings (SSSR count). The SMILES string of the molecule is C=CO[C@H]1CCC[C@H](N(C)C(=O)OCc2ccccc2)C1. The van der Waals surface area contributed by atoms with E-state index >= 15 is 0 Å². The van der Waals surface area contributed by atoms with Gasteiger partial charge in [0.1, 0.15) is 6.61 Å². The molecule has 0 aromatic heterocycles. The zero-order chi connectivity index (χ0) is 15.1. The Morgan fingerprint density at radius 2 is 2.14 bits per heavy atom. The quantitative estimate of drug-likeness (QED) is 0.775. The molecule has 2 atom stereocenters. The summed E-state index contributed by atoms with van der Waals surface area (Å²) in [6.45, 7) is 3.90. The smallest absolute Gasteiger partial charge is 0.410 e. The van der Waals surface area contributed by atoms with Crippen LogP contribution in [0, 0.1) is 0 Å². The molecule has 0 unspecified atom stereocenters. The van der Waals surface area contributed by atoms with Gasteiger partial charge in [-0.25, -0.2) is 4.79 Å². The van der Waals surface area contributed by atoms with Crippen LogP contribution in [0.1, 0.15) is 31.2 Å². The molecule has 1 aliphatic rings. The number of hydrogen-bond donors (Lipinski definition) is 0. The van der Waals surface area contributed by atoms with Gasteiger partial charge in [-0.05, 0) is 24.8 Å². The highest BCUT2D eigenvalue weighted by Crippen LogP contribution is 2.25. The summed E-state index contributed by atoms with van der Waals surface area (Å²) in [6, 6.07) is 9.88. The van der Waals surface area contributed by atoms with Crippen molar-refractivity contribution in [1.82, 2.24) is 4.90 Å². The van der Waals surface area contributed by atoms with Crippen molar-refractivity contribution in [3.63, 3.8) is 0 Å². The summed E-state index contributed by atoms with van der Waals surface area (Å²) in [5, 5.41) is 0. The van der Waals surface area contributed by atoms with Gasteiger partial charge in [0, 0.05) is 19.5 Å². The van der Waals surface area contributed by atoms with Gasteiger partial charge in [-0.1, -0.05) is 36.9 Å². The molecule has 0 aliphatic heterocycles. The molecule has 0 N–H and O–H groups in total. The fourth-order valence-electron chi connectivity index (χ4n) is 2.70. The average Bonchev–Trinajstić information content (AvgIpc) is 2.53. The molecule has 4 heteroatoms. The minimum atomic E-state index is -0.275. The van der Waals surface area contributed by atoms with Crippen molar-refractivity contribution in [2.24, 2.45) is 0 Å². The van der Waals surface area contributed by atoms with Crippen molar-refractivity contribution in [2.75, 3.05) is 7.05 Å². The van der Waals surface area contributed by atoms with Crippen LogP contribution in [0.4, 0.5) is 4.79 Å². The number of rotatable bonds is 5. The summed E-state index contributed by atoms with van der Waals surface area (Å²) in [7, 11) is 1.80. The van der Waals surface area contributed by atoms with E-state index in [4.69, 9.17) is 9.47 Å². The molecule has 0 bridgehead atoms. The lowest BCUT2D eigenvalue weighted by molar-refractivity contribution is 0.0451. The molecular formula is C17H23NO3. The molecule has 1 aliphatic carbocycles. The van der Waals surface area contributed by atoms with Crippen LogP contribution in [0.5, 0.6) is 0 Å². The Bertz CT molecular complexity index is 460. The van der Waals surface area contributed by atoms with E-state index in [1.807, 2.05) is 30.3 Å². The third-order valence-corrected chi connectivity index (χ3v) is 3.93. The Hall–Kier alpha value is -1.97. The summed E-state index contributed by atoms with van der Waals surface area (Å²) in [5.41, 5.74) is 0.996. The fourth-order valence-corrected chi connectivity index (χ4v) is 2.70. The molecule has 1 amide bonds. The summed E-state index contributed by atoms with van der Waals surface area (Å²) in [4.78, 5) is 13.8. The van der Waals surface area contributed by atoms with E-state index in [2.05, 4.69) is 6.58 Å². The zero-order valence-corrected chi connectivity index (χ0v) is 12.5. The van der Waals surface area contributed by atoms with E-state index in [1.165, 1.54) is 6.26 Å². The fraction of sp³-hybridized carbons (Fsp3) is 0.471. The highest BCUT2D eigenvalue weighted by Gasteiger charge is 2.28. The van der Waals surface area contributed by atoms with Crippen molar-refractivity contribution in [3.05, 3.63) is 48.7 Å². The van der Waals surface area contributed by atoms with Gasteiger partial charge < -0.3 is 14.4 Å². The second-order valence-corrected chi connectivity index (χ2v) is 5.40. The maximum Gasteiger partial charge on any atom is 0.410 e. The topological polar surface area (TPSA) is 38.8 Å². The predicted octanol–water partition coefficient (Wildman–Crippen LogP) is 3.73. The number of carbonyl (C=O) groups is 1. The molecule has 0 radical (unpaired) electrons. The van der Waals surface area contributed by atoms with Crippen LogP contribution < -0.4 is 0 Å². The van der Waals surface area contributed by atoms with Crippen LogP contribution in [0.2, 0.25) is 0 Å². The van der Waals surface area contributed by atoms with Gasteiger partial charge in [0.25, 0.3) is 0 Å². The Morgan fingerprint density at radius 3 is 2.86 bits per heavy atom. The number of hydrogen-bond acceptors (Lipinski definition) is 3. The third-order valence-electron chi connectivity index (χ3n) is 3.93. The Labute approximate surface area is 126 Å². The number of ether oxygens (including phenoxy) is 2. The standard InChI is InChI=1S/C17H23NO3/c1-3-20-16-11-7-10-15(12-16)18(2)17(19)21-13-14-8-5-4-6-9-14/h3-6,8-9,15-16H,1,7,10-13H2,2H3/t15-,16-/m0/s1. The molecular weight excluding hydrogens is 266 g/mol. The minimum Gasteiger partial charge on any atom is -0.499 e. The van der Waals surface area contributed by atoms with E-state index in [1.54, 1.807) is 11.9 Å². The summed E-state index contributed by atoms with van der Waals surface area (Å²) in [5.74, 6) is 0. The van der Waals surface area contributed by atoms with E-state index in [0.29, 0.717) is 6.61 Å². The molecule has 0 spiro atoms. The van der Waals surface area contributed by atoms with Gasteiger partial charge in [-0.15, -0.1) is 0 Å². The highest BCUT2D eigenvalue weighted by atomic mass is 16.6. The van der Waals surface area contributed by atoms with E-state index in [9.17, 15) is 4.79 Å². The first-order valence-corrected chi connectivity index (χ1v) is 7.40. The number of amides is 1. The van der Waals surface area contributed by atoms with Crippen molar-refractivity contribution >= 4 is 6.09 Å². The molecule has 1 fully saturated rings. The highest BCUT2D eigenvalue weighted by molar-refractivity contribution is 5.67. The first-order chi connectivity index (χ1) is 10.2. The van der Waals surface area contributed by atoms with Gasteiger partial charge in [0.2, 0.25) is 0 Å². The lowest BCUT2D eigenvalue weighted by Gasteiger charge is -2.34. The molecule has 114 valence electrons. The summed E-state index contributed by atoms with van der Waals surface area (Å²) >= 11 is 0.